The fourth-order valence-electron chi connectivity index (χ4n) is 1.90. The number of halogens is 1. The van der Waals surface area contributed by atoms with Crippen LogP contribution in [0.15, 0.2) is 35.9 Å². The average molecular weight is 322 g/mol. The SMILES string of the molecule is C=C/C=C(Cl)\C=C/Cc1nc(C)n(CCC(C)(C)C(C)C)n1. The molecule has 0 N–H and O–H groups in total. The van der Waals surface area contributed by atoms with Crippen LogP contribution in [0.4, 0.5) is 0 Å². The van der Waals surface area contributed by atoms with Gasteiger partial charge in [-0.3, -0.25) is 4.68 Å². The molecule has 0 aliphatic heterocycles. The third-order valence-corrected chi connectivity index (χ3v) is 4.54. The number of hydrogen-bond acceptors (Lipinski definition) is 2. The van der Waals surface area contributed by atoms with E-state index in [9.17, 15) is 0 Å². The molecule has 0 spiro atoms. The molecule has 4 heteroatoms. The molecule has 3 nitrogen and oxygen atoms in total. The van der Waals surface area contributed by atoms with Crippen LogP contribution in [0, 0.1) is 18.3 Å². The Morgan fingerprint density at radius 3 is 2.68 bits per heavy atom. The van der Waals surface area contributed by atoms with Crippen LogP contribution in [0.2, 0.25) is 0 Å². The lowest BCUT2D eigenvalue weighted by Gasteiger charge is -2.29. The molecule has 0 aliphatic rings. The molecular weight excluding hydrogens is 294 g/mol. The van der Waals surface area contributed by atoms with Gasteiger partial charge < -0.3 is 0 Å². The molecule has 0 saturated heterocycles. The zero-order valence-corrected chi connectivity index (χ0v) is 15.2. The number of aromatic nitrogens is 3. The number of aryl methyl sites for hydroxylation is 2. The van der Waals surface area contributed by atoms with Crippen molar-refractivity contribution in [3.05, 3.63) is 47.6 Å². The molecule has 0 radical (unpaired) electrons. The van der Waals surface area contributed by atoms with Gasteiger partial charge in [0.1, 0.15) is 5.82 Å². The maximum Gasteiger partial charge on any atom is 0.154 e. The Bertz CT molecular complexity index is 551. The van der Waals surface area contributed by atoms with Gasteiger partial charge in [-0.25, -0.2) is 4.98 Å². The van der Waals surface area contributed by atoms with Crippen LogP contribution in [-0.4, -0.2) is 14.8 Å². The summed E-state index contributed by atoms with van der Waals surface area (Å²) in [6.45, 7) is 15.7. The van der Waals surface area contributed by atoms with Crippen LogP contribution in [-0.2, 0) is 13.0 Å². The normalized spacial score (nSPS) is 13.3. The van der Waals surface area contributed by atoms with Crippen molar-refractivity contribution in [1.29, 1.82) is 0 Å². The zero-order valence-electron chi connectivity index (χ0n) is 14.4. The highest BCUT2D eigenvalue weighted by molar-refractivity contribution is 6.31. The molecular formula is C18H28ClN3. The molecule has 1 aromatic rings. The summed E-state index contributed by atoms with van der Waals surface area (Å²) in [7, 11) is 0. The van der Waals surface area contributed by atoms with Gasteiger partial charge in [-0.15, -0.1) is 0 Å². The van der Waals surface area contributed by atoms with Gasteiger partial charge in [-0.1, -0.05) is 58.0 Å². The van der Waals surface area contributed by atoms with Crippen LogP contribution < -0.4 is 0 Å². The van der Waals surface area contributed by atoms with Crippen molar-refractivity contribution >= 4 is 11.6 Å². The smallest absolute Gasteiger partial charge is 0.154 e. The van der Waals surface area contributed by atoms with E-state index < -0.39 is 0 Å². The third kappa shape index (κ3) is 5.80. The molecule has 1 aromatic heterocycles. The highest BCUT2D eigenvalue weighted by Gasteiger charge is 2.22. The topological polar surface area (TPSA) is 30.7 Å². The minimum Gasteiger partial charge on any atom is -0.250 e. The van der Waals surface area contributed by atoms with Crippen LogP contribution in [0.1, 0.15) is 45.8 Å². The summed E-state index contributed by atoms with van der Waals surface area (Å²) in [5, 5.41) is 5.24. The molecule has 22 heavy (non-hydrogen) atoms. The van der Waals surface area contributed by atoms with Crippen molar-refractivity contribution < 1.29 is 0 Å². The third-order valence-electron chi connectivity index (χ3n) is 4.29. The first-order chi connectivity index (χ1) is 10.3. The van der Waals surface area contributed by atoms with E-state index in [1.165, 1.54) is 0 Å². The molecule has 0 unspecified atom stereocenters. The summed E-state index contributed by atoms with van der Waals surface area (Å²) in [6.07, 6.45) is 9.02. The van der Waals surface area contributed by atoms with Gasteiger partial charge in [0, 0.05) is 18.0 Å². The molecule has 0 saturated carbocycles. The predicted molar refractivity (Wildman–Crippen MR) is 95.0 cm³/mol. The molecule has 0 atom stereocenters. The highest BCUT2D eigenvalue weighted by Crippen LogP contribution is 2.30. The van der Waals surface area contributed by atoms with Gasteiger partial charge in [0.05, 0.1) is 0 Å². The largest absolute Gasteiger partial charge is 0.250 e. The molecule has 0 aliphatic carbocycles. The Morgan fingerprint density at radius 1 is 1.41 bits per heavy atom. The first kappa shape index (κ1) is 18.7. The Hall–Kier alpha value is -1.35. The molecule has 0 bridgehead atoms. The minimum absolute atomic E-state index is 0.307. The summed E-state index contributed by atoms with van der Waals surface area (Å²) >= 11 is 5.97. The quantitative estimate of drug-likeness (QED) is 0.626. The van der Waals surface area contributed by atoms with E-state index in [-0.39, 0.29) is 0 Å². The van der Waals surface area contributed by atoms with Gasteiger partial charge in [0.2, 0.25) is 0 Å². The summed E-state index contributed by atoms with van der Waals surface area (Å²) in [5.74, 6) is 2.45. The number of rotatable bonds is 8. The van der Waals surface area contributed by atoms with Gasteiger partial charge in [-0.05, 0) is 36.8 Å². The minimum atomic E-state index is 0.307. The summed E-state index contributed by atoms with van der Waals surface area (Å²) in [4.78, 5) is 4.52. The first-order valence-corrected chi connectivity index (χ1v) is 8.19. The van der Waals surface area contributed by atoms with Crippen molar-refractivity contribution in [2.75, 3.05) is 0 Å². The van der Waals surface area contributed by atoms with E-state index in [1.807, 2.05) is 23.8 Å². The fraction of sp³-hybridized carbons (Fsp3) is 0.556. The lowest BCUT2D eigenvalue weighted by atomic mass is 9.78. The first-order valence-electron chi connectivity index (χ1n) is 7.81. The van der Waals surface area contributed by atoms with Crippen LogP contribution >= 0.6 is 11.6 Å². The van der Waals surface area contributed by atoms with Crippen LogP contribution in [0.25, 0.3) is 0 Å². The van der Waals surface area contributed by atoms with E-state index in [1.54, 1.807) is 12.2 Å². The Morgan fingerprint density at radius 2 is 2.09 bits per heavy atom. The monoisotopic (exact) mass is 321 g/mol. The maximum atomic E-state index is 5.97. The Balaban J connectivity index is 2.64. The predicted octanol–water partition coefficient (Wildman–Crippen LogP) is 5.07. The second-order valence-corrected chi connectivity index (χ2v) is 7.02. The van der Waals surface area contributed by atoms with E-state index in [0.717, 1.165) is 24.6 Å². The average Bonchev–Trinajstić information content (AvgIpc) is 2.77. The summed E-state index contributed by atoms with van der Waals surface area (Å²) in [5.41, 5.74) is 0.307. The zero-order chi connectivity index (χ0) is 16.8. The standard InChI is InChI=1S/C18H28ClN3/c1-7-9-16(19)10-8-11-17-20-15(4)22(21-17)13-12-18(5,6)14(2)3/h7-10,14H,1,11-13H2,2-6H3/b10-8-,16-9+. The van der Waals surface area contributed by atoms with Crippen LogP contribution in [0.5, 0.6) is 0 Å². The van der Waals surface area contributed by atoms with Gasteiger partial charge in [0.15, 0.2) is 5.82 Å². The highest BCUT2D eigenvalue weighted by atomic mass is 35.5. The fourth-order valence-corrected chi connectivity index (χ4v) is 2.08. The Labute approximate surface area is 139 Å². The Kier molecular flexibility index (Phi) is 7.08. The van der Waals surface area contributed by atoms with Gasteiger partial charge in [-0.2, -0.15) is 5.10 Å². The molecule has 1 heterocycles. The van der Waals surface area contributed by atoms with Crippen molar-refractivity contribution in [2.45, 2.75) is 54.0 Å². The number of nitrogens with zero attached hydrogens (tertiary/aromatic N) is 3. The lowest BCUT2D eigenvalue weighted by Crippen LogP contribution is -2.22. The van der Waals surface area contributed by atoms with E-state index in [2.05, 4.69) is 44.4 Å². The second kappa shape index (κ2) is 8.33. The summed E-state index contributed by atoms with van der Waals surface area (Å²) < 4.78 is 2.01. The molecule has 1 rings (SSSR count). The van der Waals surface area contributed by atoms with Crippen molar-refractivity contribution in [3.63, 3.8) is 0 Å². The second-order valence-electron chi connectivity index (χ2n) is 6.59. The van der Waals surface area contributed by atoms with Crippen molar-refractivity contribution in [2.24, 2.45) is 11.3 Å². The summed E-state index contributed by atoms with van der Waals surface area (Å²) in [6, 6.07) is 0. The number of allylic oxidation sites excluding steroid dienone is 5. The van der Waals surface area contributed by atoms with E-state index in [4.69, 9.17) is 11.6 Å². The van der Waals surface area contributed by atoms with Crippen molar-refractivity contribution in [3.8, 4) is 0 Å². The lowest BCUT2D eigenvalue weighted by molar-refractivity contribution is 0.212. The van der Waals surface area contributed by atoms with Crippen LogP contribution in [0.3, 0.4) is 0 Å². The molecule has 0 aromatic carbocycles. The maximum absolute atomic E-state index is 5.97. The molecule has 0 fully saturated rings. The van der Waals surface area contributed by atoms with Gasteiger partial charge >= 0.3 is 0 Å². The van der Waals surface area contributed by atoms with Crippen molar-refractivity contribution in [1.82, 2.24) is 14.8 Å². The van der Waals surface area contributed by atoms with E-state index >= 15 is 0 Å². The number of hydrogen-bond donors (Lipinski definition) is 0. The van der Waals surface area contributed by atoms with Gasteiger partial charge in [0.25, 0.3) is 0 Å². The molecule has 122 valence electrons. The van der Waals surface area contributed by atoms with E-state index in [0.29, 0.717) is 22.8 Å². The molecule has 0 amide bonds.